The Morgan fingerprint density at radius 3 is 2.52 bits per heavy atom. The Morgan fingerprint density at radius 1 is 1.33 bits per heavy atom. The molecule has 6 nitrogen and oxygen atoms in total. The number of carbonyl (C=O) groups excluding carboxylic acids is 1. The van der Waals surface area contributed by atoms with E-state index in [0.29, 0.717) is 37.2 Å². The largest absolute Gasteiger partial charge is 0.399 e. The summed E-state index contributed by atoms with van der Waals surface area (Å²) < 4.78 is 25.0. The fourth-order valence-electron chi connectivity index (χ4n) is 2.54. The number of hydrogen-bond donors (Lipinski definition) is 2. The lowest BCUT2D eigenvalue weighted by atomic mass is 10.0. The van der Waals surface area contributed by atoms with Crippen molar-refractivity contribution in [2.24, 2.45) is 0 Å². The maximum atomic E-state index is 12.5. The van der Waals surface area contributed by atoms with E-state index in [1.807, 2.05) is 13.0 Å². The van der Waals surface area contributed by atoms with Gasteiger partial charge in [0.2, 0.25) is 10.0 Å². The molecule has 1 aromatic carbocycles. The summed E-state index contributed by atoms with van der Waals surface area (Å²) in [5.41, 5.74) is 7.82. The number of anilines is 1. The van der Waals surface area contributed by atoms with E-state index >= 15 is 0 Å². The molecule has 1 aliphatic heterocycles. The number of hydrogen-bond acceptors (Lipinski definition) is 4. The molecule has 1 fully saturated rings. The molecule has 1 aliphatic rings. The smallest absolute Gasteiger partial charge is 0.254 e. The van der Waals surface area contributed by atoms with Gasteiger partial charge in [0, 0.05) is 30.4 Å². The Bertz CT molecular complexity index is 635. The normalized spacial score (nSPS) is 17.0. The molecule has 0 saturated carbocycles. The standard InChI is InChI=1S/C14H21N3O3S/c1-10-3-4-11(15)9-13(10)14(18)17-7-5-12(6-8-17)16-21(2,19)20/h3-4,9,12,16H,5-8,15H2,1-2H3. The van der Waals surface area contributed by atoms with Crippen LogP contribution in [-0.2, 0) is 10.0 Å². The summed E-state index contributed by atoms with van der Waals surface area (Å²) >= 11 is 0. The van der Waals surface area contributed by atoms with E-state index < -0.39 is 10.0 Å². The third-order valence-electron chi connectivity index (χ3n) is 3.65. The maximum absolute atomic E-state index is 12.5. The second-order valence-electron chi connectivity index (χ2n) is 5.53. The molecule has 0 atom stereocenters. The second kappa shape index (κ2) is 6.03. The molecule has 0 spiro atoms. The number of amides is 1. The van der Waals surface area contributed by atoms with Gasteiger partial charge in [-0.15, -0.1) is 0 Å². The number of piperidine rings is 1. The van der Waals surface area contributed by atoms with Crippen molar-refractivity contribution in [3.8, 4) is 0 Å². The highest BCUT2D eigenvalue weighted by Gasteiger charge is 2.25. The fourth-order valence-corrected chi connectivity index (χ4v) is 3.38. The van der Waals surface area contributed by atoms with Gasteiger partial charge in [-0.25, -0.2) is 13.1 Å². The summed E-state index contributed by atoms with van der Waals surface area (Å²) in [6.07, 6.45) is 2.40. The van der Waals surface area contributed by atoms with E-state index in [9.17, 15) is 13.2 Å². The molecule has 1 heterocycles. The molecule has 3 N–H and O–H groups in total. The minimum absolute atomic E-state index is 0.0439. The lowest BCUT2D eigenvalue weighted by molar-refractivity contribution is 0.0710. The van der Waals surface area contributed by atoms with Gasteiger partial charge < -0.3 is 10.6 Å². The number of aryl methyl sites for hydroxylation is 1. The SMILES string of the molecule is Cc1ccc(N)cc1C(=O)N1CCC(NS(C)(=O)=O)CC1. The lowest BCUT2D eigenvalue weighted by Gasteiger charge is -2.32. The molecule has 1 aromatic rings. The highest BCUT2D eigenvalue weighted by Crippen LogP contribution is 2.18. The molecule has 0 bridgehead atoms. The Morgan fingerprint density at radius 2 is 1.95 bits per heavy atom. The van der Waals surface area contributed by atoms with Gasteiger partial charge in [-0.1, -0.05) is 6.07 Å². The van der Waals surface area contributed by atoms with Crippen molar-refractivity contribution in [3.63, 3.8) is 0 Å². The van der Waals surface area contributed by atoms with Gasteiger partial charge in [0.25, 0.3) is 5.91 Å². The van der Waals surface area contributed by atoms with Crippen molar-refractivity contribution in [2.75, 3.05) is 25.1 Å². The van der Waals surface area contributed by atoms with Crippen LogP contribution in [0.4, 0.5) is 5.69 Å². The fraction of sp³-hybridized carbons (Fsp3) is 0.500. The summed E-state index contributed by atoms with van der Waals surface area (Å²) in [6.45, 7) is 2.96. The van der Waals surface area contributed by atoms with Crippen LogP contribution in [0.1, 0.15) is 28.8 Å². The topological polar surface area (TPSA) is 92.5 Å². The van der Waals surface area contributed by atoms with Crippen molar-refractivity contribution < 1.29 is 13.2 Å². The van der Waals surface area contributed by atoms with Gasteiger partial charge >= 0.3 is 0 Å². The van der Waals surface area contributed by atoms with E-state index in [1.165, 1.54) is 0 Å². The summed E-state index contributed by atoms with van der Waals surface area (Å²) in [5.74, 6) is -0.0439. The van der Waals surface area contributed by atoms with Crippen molar-refractivity contribution in [1.29, 1.82) is 0 Å². The molecule has 21 heavy (non-hydrogen) atoms. The van der Waals surface area contributed by atoms with Gasteiger partial charge in [-0.3, -0.25) is 4.79 Å². The first-order valence-electron chi connectivity index (χ1n) is 6.89. The van der Waals surface area contributed by atoms with Crippen LogP contribution < -0.4 is 10.5 Å². The molecule has 0 radical (unpaired) electrons. The summed E-state index contributed by atoms with van der Waals surface area (Å²) in [5, 5.41) is 0. The van der Waals surface area contributed by atoms with Crippen LogP contribution in [-0.4, -0.2) is 44.6 Å². The average Bonchev–Trinajstić information content (AvgIpc) is 2.40. The van der Waals surface area contributed by atoms with Crippen LogP contribution in [0, 0.1) is 6.92 Å². The van der Waals surface area contributed by atoms with Gasteiger partial charge in [0.1, 0.15) is 0 Å². The van der Waals surface area contributed by atoms with E-state index in [4.69, 9.17) is 5.73 Å². The Hall–Kier alpha value is -1.60. The first-order valence-corrected chi connectivity index (χ1v) is 8.78. The summed E-state index contributed by atoms with van der Waals surface area (Å²) in [6, 6.07) is 5.21. The molecule has 116 valence electrons. The number of benzene rings is 1. The third-order valence-corrected chi connectivity index (χ3v) is 4.42. The zero-order valence-electron chi connectivity index (χ0n) is 12.3. The maximum Gasteiger partial charge on any atom is 0.254 e. The number of rotatable bonds is 3. The Kier molecular flexibility index (Phi) is 4.53. The summed E-state index contributed by atoms with van der Waals surface area (Å²) in [4.78, 5) is 14.2. The predicted octanol–water partition coefficient (Wildman–Crippen LogP) is 0.731. The quantitative estimate of drug-likeness (QED) is 0.805. The van der Waals surface area contributed by atoms with Crippen LogP contribution >= 0.6 is 0 Å². The predicted molar refractivity (Wildman–Crippen MR) is 82.5 cm³/mol. The number of nitrogen functional groups attached to an aromatic ring is 1. The molecule has 7 heteroatoms. The molecule has 1 amide bonds. The third kappa shape index (κ3) is 4.18. The monoisotopic (exact) mass is 311 g/mol. The van der Waals surface area contributed by atoms with Gasteiger partial charge in [-0.05, 0) is 37.5 Å². The van der Waals surface area contributed by atoms with Gasteiger partial charge in [-0.2, -0.15) is 0 Å². The zero-order valence-corrected chi connectivity index (χ0v) is 13.1. The number of nitrogens with two attached hydrogens (primary N) is 1. The van der Waals surface area contributed by atoms with E-state index in [1.54, 1.807) is 17.0 Å². The molecular weight excluding hydrogens is 290 g/mol. The van der Waals surface area contributed by atoms with Crippen molar-refractivity contribution >= 4 is 21.6 Å². The first-order chi connectivity index (χ1) is 9.76. The minimum atomic E-state index is -3.20. The molecule has 0 aliphatic carbocycles. The number of carbonyl (C=O) groups is 1. The minimum Gasteiger partial charge on any atom is -0.399 e. The first kappa shape index (κ1) is 15.8. The molecule has 0 unspecified atom stereocenters. The van der Waals surface area contributed by atoms with E-state index in [0.717, 1.165) is 11.8 Å². The van der Waals surface area contributed by atoms with Crippen LogP contribution in [0.3, 0.4) is 0 Å². The molecule has 2 rings (SSSR count). The van der Waals surface area contributed by atoms with E-state index in [2.05, 4.69) is 4.72 Å². The molecule has 1 saturated heterocycles. The van der Waals surface area contributed by atoms with Crippen molar-refractivity contribution in [1.82, 2.24) is 9.62 Å². The molecule has 0 aromatic heterocycles. The zero-order chi connectivity index (χ0) is 15.6. The van der Waals surface area contributed by atoms with Gasteiger partial charge in [0.05, 0.1) is 6.26 Å². The highest BCUT2D eigenvalue weighted by atomic mass is 32.2. The van der Waals surface area contributed by atoms with Gasteiger partial charge in [0.15, 0.2) is 0 Å². The number of nitrogens with zero attached hydrogens (tertiary/aromatic N) is 1. The highest BCUT2D eigenvalue weighted by molar-refractivity contribution is 7.88. The second-order valence-corrected chi connectivity index (χ2v) is 7.31. The van der Waals surface area contributed by atoms with Crippen molar-refractivity contribution in [2.45, 2.75) is 25.8 Å². The molecular formula is C14H21N3O3S. The Labute approximate surface area is 125 Å². The lowest BCUT2D eigenvalue weighted by Crippen LogP contribution is -2.46. The van der Waals surface area contributed by atoms with Crippen molar-refractivity contribution in [3.05, 3.63) is 29.3 Å². The van der Waals surface area contributed by atoms with E-state index in [-0.39, 0.29) is 11.9 Å². The van der Waals surface area contributed by atoms with Crippen LogP contribution in [0.2, 0.25) is 0 Å². The van der Waals surface area contributed by atoms with Crippen LogP contribution in [0.15, 0.2) is 18.2 Å². The summed E-state index contributed by atoms with van der Waals surface area (Å²) in [7, 11) is -3.20. The average molecular weight is 311 g/mol. The van der Waals surface area contributed by atoms with Crippen LogP contribution in [0.5, 0.6) is 0 Å². The number of likely N-dealkylation sites (tertiary alicyclic amines) is 1. The van der Waals surface area contributed by atoms with Crippen LogP contribution in [0.25, 0.3) is 0 Å². The number of sulfonamides is 1. The number of nitrogens with one attached hydrogen (secondary N) is 1. The Balaban J connectivity index is 2.02.